The van der Waals surface area contributed by atoms with E-state index < -0.39 is 0 Å². The summed E-state index contributed by atoms with van der Waals surface area (Å²) < 4.78 is 0. The monoisotopic (exact) mass is 280 g/mol. The summed E-state index contributed by atoms with van der Waals surface area (Å²) in [4.78, 5) is 2.64. The first-order chi connectivity index (χ1) is 9.16. The Hall–Kier alpha value is -0.0800. The van der Waals surface area contributed by atoms with Gasteiger partial charge in [0.25, 0.3) is 0 Å². The lowest BCUT2D eigenvalue weighted by Gasteiger charge is -2.44. The van der Waals surface area contributed by atoms with Crippen LogP contribution in [0.5, 0.6) is 0 Å². The van der Waals surface area contributed by atoms with E-state index in [2.05, 4.69) is 51.8 Å². The predicted molar refractivity (Wildman–Crippen MR) is 88.1 cm³/mol. The molecule has 1 saturated carbocycles. The number of piperidine rings is 1. The average molecular weight is 280 g/mol. The van der Waals surface area contributed by atoms with Gasteiger partial charge in [-0.25, -0.2) is 0 Å². The molecule has 0 aromatic heterocycles. The van der Waals surface area contributed by atoms with Crippen LogP contribution >= 0.6 is 0 Å². The summed E-state index contributed by atoms with van der Waals surface area (Å²) in [6.07, 6.45) is 6.78. The molecule has 2 fully saturated rings. The molecule has 2 rings (SSSR count). The zero-order valence-electron chi connectivity index (χ0n) is 14.6. The lowest BCUT2D eigenvalue weighted by Crippen LogP contribution is -2.52. The van der Waals surface area contributed by atoms with Crippen molar-refractivity contribution in [1.29, 1.82) is 0 Å². The largest absolute Gasteiger partial charge is 0.311 e. The van der Waals surface area contributed by atoms with E-state index in [9.17, 15) is 0 Å². The third kappa shape index (κ3) is 4.46. The number of hydrogen-bond donors (Lipinski definition) is 1. The number of nitrogens with one attached hydrogen (secondary N) is 1. The van der Waals surface area contributed by atoms with E-state index in [-0.39, 0.29) is 0 Å². The quantitative estimate of drug-likeness (QED) is 0.821. The van der Waals surface area contributed by atoms with E-state index in [1.54, 1.807) is 0 Å². The minimum atomic E-state index is 0.340. The molecule has 1 saturated heterocycles. The molecule has 20 heavy (non-hydrogen) atoms. The normalized spacial score (nSPS) is 33.3. The molecular formula is C18H36N2. The predicted octanol–water partition coefficient (Wildman–Crippen LogP) is 4.05. The Balaban J connectivity index is 1.81. The molecule has 0 aromatic rings. The molecular weight excluding hydrogens is 244 g/mol. The maximum Gasteiger partial charge on any atom is 0.0125 e. The van der Waals surface area contributed by atoms with Gasteiger partial charge >= 0.3 is 0 Å². The molecule has 0 aromatic carbocycles. The first kappa shape index (κ1) is 16.3. The zero-order chi connectivity index (χ0) is 15.0. The van der Waals surface area contributed by atoms with E-state index in [1.807, 2.05) is 0 Å². The Morgan fingerprint density at radius 3 is 2.10 bits per heavy atom. The lowest BCUT2D eigenvalue weighted by atomic mass is 9.70. The highest BCUT2D eigenvalue weighted by Crippen LogP contribution is 2.38. The van der Waals surface area contributed by atoms with E-state index in [0.29, 0.717) is 11.0 Å². The van der Waals surface area contributed by atoms with Crippen LogP contribution in [0.1, 0.15) is 73.6 Å². The van der Waals surface area contributed by atoms with E-state index in [1.165, 1.54) is 45.2 Å². The second-order valence-electron chi connectivity index (χ2n) is 9.21. The summed E-state index contributed by atoms with van der Waals surface area (Å²) in [7, 11) is 0. The molecule has 0 spiro atoms. The maximum absolute atomic E-state index is 3.99. The van der Waals surface area contributed by atoms with Gasteiger partial charge < -0.3 is 5.32 Å². The van der Waals surface area contributed by atoms with Gasteiger partial charge in [-0.3, -0.25) is 4.90 Å². The van der Waals surface area contributed by atoms with Gasteiger partial charge in [-0.15, -0.1) is 0 Å². The molecule has 1 heterocycles. The molecule has 0 radical (unpaired) electrons. The second kappa shape index (κ2) is 5.96. The fourth-order valence-electron chi connectivity index (χ4n) is 4.52. The fraction of sp³-hybridized carbons (Fsp3) is 1.00. The van der Waals surface area contributed by atoms with Crippen LogP contribution in [0.25, 0.3) is 0 Å². The molecule has 2 atom stereocenters. The van der Waals surface area contributed by atoms with Gasteiger partial charge in [0.2, 0.25) is 0 Å². The molecule has 118 valence electrons. The lowest BCUT2D eigenvalue weighted by molar-refractivity contribution is 0.0830. The van der Waals surface area contributed by atoms with Gasteiger partial charge in [-0.2, -0.15) is 0 Å². The zero-order valence-corrected chi connectivity index (χ0v) is 14.6. The van der Waals surface area contributed by atoms with Crippen LogP contribution in [0.4, 0.5) is 0 Å². The number of rotatable bonds is 2. The SMILES string of the molecule is CC1CC(NC2CCN(C(C)(C)C)CC2)CC(C)(C)C1. The summed E-state index contributed by atoms with van der Waals surface area (Å²) in [6.45, 7) is 16.8. The highest BCUT2D eigenvalue weighted by molar-refractivity contribution is 4.90. The minimum Gasteiger partial charge on any atom is -0.311 e. The second-order valence-corrected chi connectivity index (χ2v) is 9.21. The van der Waals surface area contributed by atoms with Gasteiger partial charge in [0, 0.05) is 30.7 Å². The third-order valence-corrected chi connectivity index (χ3v) is 5.30. The molecule has 0 bridgehead atoms. The van der Waals surface area contributed by atoms with Crippen LogP contribution in [0.2, 0.25) is 0 Å². The number of hydrogen-bond acceptors (Lipinski definition) is 2. The van der Waals surface area contributed by atoms with E-state index >= 15 is 0 Å². The van der Waals surface area contributed by atoms with Gasteiger partial charge in [0.15, 0.2) is 0 Å². The van der Waals surface area contributed by atoms with Gasteiger partial charge in [0.1, 0.15) is 0 Å². The van der Waals surface area contributed by atoms with Crippen LogP contribution in [0, 0.1) is 11.3 Å². The van der Waals surface area contributed by atoms with E-state index in [4.69, 9.17) is 0 Å². The van der Waals surface area contributed by atoms with E-state index in [0.717, 1.165) is 18.0 Å². The molecule has 2 heteroatoms. The molecule has 1 aliphatic heterocycles. The van der Waals surface area contributed by atoms with Crippen molar-refractivity contribution in [3.63, 3.8) is 0 Å². The van der Waals surface area contributed by atoms with Crippen molar-refractivity contribution in [2.24, 2.45) is 11.3 Å². The molecule has 1 N–H and O–H groups in total. The van der Waals surface area contributed by atoms with Gasteiger partial charge in [0.05, 0.1) is 0 Å². The molecule has 1 aliphatic carbocycles. The third-order valence-electron chi connectivity index (χ3n) is 5.30. The smallest absolute Gasteiger partial charge is 0.0125 e. The van der Waals surface area contributed by atoms with Gasteiger partial charge in [-0.05, 0) is 64.2 Å². The molecule has 2 unspecified atom stereocenters. The first-order valence-electron chi connectivity index (χ1n) is 8.67. The van der Waals surface area contributed by atoms with Crippen LogP contribution in [-0.2, 0) is 0 Å². The maximum atomic E-state index is 3.99. The highest BCUT2D eigenvalue weighted by Gasteiger charge is 2.34. The summed E-state index contributed by atoms with van der Waals surface area (Å²) in [5.41, 5.74) is 0.869. The van der Waals surface area contributed by atoms with Crippen molar-refractivity contribution >= 4 is 0 Å². The summed E-state index contributed by atoms with van der Waals surface area (Å²) in [5, 5.41) is 3.99. The van der Waals surface area contributed by atoms with Crippen molar-refractivity contribution in [3.05, 3.63) is 0 Å². The van der Waals surface area contributed by atoms with Crippen LogP contribution < -0.4 is 5.32 Å². The summed E-state index contributed by atoms with van der Waals surface area (Å²) in [5.74, 6) is 0.880. The minimum absolute atomic E-state index is 0.340. The number of nitrogens with zero attached hydrogens (tertiary/aromatic N) is 1. The van der Waals surface area contributed by atoms with Crippen molar-refractivity contribution in [3.8, 4) is 0 Å². The first-order valence-corrected chi connectivity index (χ1v) is 8.67. The highest BCUT2D eigenvalue weighted by atomic mass is 15.2. The molecule has 0 amide bonds. The Morgan fingerprint density at radius 2 is 1.60 bits per heavy atom. The fourth-order valence-corrected chi connectivity index (χ4v) is 4.52. The molecule has 2 nitrogen and oxygen atoms in total. The van der Waals surface area contributed by atoms with Crippen molar-refractivity contribution < 1.29 is 0 Å². The van der Waals surface area contributed by atoms with Crippen LogP contribution in [-0.4, -0.2) is 35.6 Å². The Bertz CT molecular complexity index is 308. The Kier molecular flexibility index (Phi) is 4.86. The Labute approximate surface area is 126 Å². The van der Waals surface area contributed by atoms with Crippen molar-refractivity contribution in [2.45, 2.75) is 91.3 Å². The summed E-state index contributed by atoms with van der Waals surface area (Å²) in [6, 6.07) is 1.50. The van der Waals surface area contributed by atoms with Crippen molar-refractivity contribution in [1.82, 2.24) is 10.2 Å². The van der Waals surface area contributed by atoms with Crippen LogP contribution in [0.3, 0.4) is 0 Å². The van der Waals surface area contributed by atoms with Gasteiger partial charge in [-0.1, -0.05) is 20.8 Å². The van der Waals surface area contributed by atoms with Crippen molar-refractivity contribution in [2.75, 3.05) is 13.1 Å². The number of likely N-dealkylation sites (tertiary alicyclic amines) is 1. The summed E-state index contributed by atoms with van der Waals surface area (Å²) >= 11 is 0. The molecule has 2 aliphatic rings. The standard InChI is InChI=1S/C18H36N2/c1-14-11-16(13-18(5,6)12-14)19-15-7-9-20(10-8-15)17(2,3)4/h14-16,19H,7-13H2,1-6H3. The van der Waals surface area contributed by atoms with Crippen LogP contribution in [0.15, 0.2) is 0 Å². The Morgan fingerprint density at radius 1 is 1.00 bits per heavy atom. The average Bonchev–Trinajstić information content (AvgIpc) is 2.25. The topological polar surface area (TPSA) is 15.3 Å².